The summed E-state index contributed by atoms with van der Waals surface area (Å²) in [6.45, 7) is 2.26. The highest BCUT2D eigenvalue weighted by atomic mass is 16.2. The van der Waals surface area contributed by atoms with Crippen molar-refractivity contribution in [2.75, 3.05) is 0 Å². The highest BCUT2D eigenvalue weighted by molar-refractivity contribution is 5.78. The van der Waals surface area contributed by atoms with Gasteiger partial charge in [0.2, 0.25) is 0 Å². The topological polar surface area (TPSA) is 69.8 Å². The molecular formula is C15H14N4O2. The largest absolute Gasteiger partial charge is 0.332 e. The van der Waals surface area contributed by atoms with E-state index in [0.717, 1.165) is 10.1 Å². The third-order valence-electron chi connectivity index (χ3n) is 3.47. The molecule has 2 aromatic heterocycles. The monoisotopic (exact) mass is 282 g/mol. The van der Waals surface area contributed by atoms with Crippen LogP contribution in [0.4, 0.5) is 0 Å². The molecule has 0 N–H and O–H groups in total. The summed E-state index contributed by atoms with van der Waals surface area (Å²) >= 11 is 0. The number of rotatable bonds is 2. The highest BCUT2D eigenvalue weighted by Crippen LogP contribution is 2.17. The van der Waals surface area contributed by atoms with Gasteiger partial charge >= 0.3 is 5.69 Å². The first-order valence-corrected chi connectivity index (χ1v) is 6.66. The Kier molecular flexibility index (Phi) is 3.13. The Morgan fingerprint density at radius 3 is 2.48 bits per heavy atom. The predicted octanol–water partition coefficient (Wildman–Crippen LogP) is 1.18. The normalized spacial score (nSPS) is 11.0. The molecule has 6 heteroatoms. The Hall–Kier alpha value is -2.76. The van der Waals surface area contributed by atoms with Crippen LogP contribution in [0.25, 0.3) is 22.3 Å². The van der Waals surface area contributed by atoms with Gasteiger partial charge in [0.05, 0.1) is 11.1 Å². The molecule has 0 atom stereocenters. The fourth-order valence-corrected chi connectivity index (χ4v) is 2.32. The molecule has 106 valence electrons. The zero-order valence-corrected chi connectivity index (χ0v) is 11.8. The van der Waals surface area contributed by atoms with E-state index in [0.29, 0.717) is 23.3 Å². The van der Waals surface area contributed by atoms with Crippen LogP contribution in [0.3, 0.4) is 0 Å². The van der Waals surface area contributed by atoms with E-state index in [-0.39, 0.29) is 11.2 Å². The molecule has 0 aliphatic heterocycles. The summed E-state index contributed by atoms with van der Waals surface area (Å²) in [6, 6.07) is 11.2. The number of fused-ring (bicyclic) bond motifs is 1. The molecule has 0 fully saturated rings. The second-order valence-electron chi connectivity index (χ2n) is 4.72. The van der Waals surface area contributed by atoms with E-state index in [1.165, 1.54) is 11.6 Å². The molecule has 21 heavy (non-hydrogen) atoms. The lowest BCUT2D eigenvalue weighted by Gasteiger charge is -2.09. The summed E-state index contributed by atoms with van der Waals surface area (Å²) in [4.78, 5) is 24.3. The summed E-state index contributed by atoms with van der Waals surface area (Å²) in [5.41, 5.74) is 1.08. The quantitative estimate of drug-likeness (QED) is 0.707. The number of aryl methyl sites for hydroxylation is 1. The van der Waals surface area contributed by atoms with Crippen molar-refractivity contribution in [1.82, 2.24) is 19.3 Å². The molecule has 0 spiro atoms. The van der Waals surface area contributed by atoms with Gasteiger partial charge in [0.15, 0.2) is 5.65 Å². The molecule has 0 amide bonds. The van der Waals surface area contributed by atoms with Gasteiger partial charge in [-0.15, -0.1) is 10.2 Å². The van der Waals surface area contributed by atoms with Gasteiger partial charge in [0.25, 0.3) is 5.56 Å². The first-order valence-electron chi connectivity index (χ1n) is 6.66. The summed E-state index contributed by atoms with van der Waals surface area (Å²) in [6.07, 6.45) is 0. The van der Waals surface area contributed by atoms with E-state index < -0.39 is 0 Å². The average molecular weight is 282 g/mol. The lowest BCUT2D eigenvalue weighted by Crippen LogP contribution is -2.38. The standard InChI is InChI=1S/C15H14N4O2/c1-3-19-13-11(14(20)18(2)15(19)21)9-12(16-17-13)10-7-5-4-6-8-10/h4-9H,3H2,1-2H3. The fourth-order valence-electron chi connectivity index (χ4n) is 2.32. The maximum atomic E-state index is 12.3. The van der Waals surface area contributed by atoms with Crippen LogP contribution >= 0.6 is 0 Å². The van der Waals surface area contributed by atoms with Gasteiger partial charge in [0, 0.05) is 19.2 Å². The first kappa shape index (κ1) is 13.2. The predicted molar refractivity (Wildman–Crippen MR) is 80.1 cm³/mol. The smallest absolute Gasteiger partial charge is 0.276 e. The minimum atomic E-state index is -0.378. The van der Waals surface area contributed by atoms with Crippen LogP contribution in [0, 0.1) is 0 Å². The summed E-state index contributed by atoms with van der Waals surface area (Å²) < 4.78 is 2.54. The third kappa shape index (κ3) is 2.05. The van der Waals surface area contributed by atoms with E-state index in [4.69, 9.17) is 0 Å². The van der Waals surface area contributed by atoms with Gasteiger partial charge in [-0.3, -0.25) is 13.9 Å². The summed E-state index contributed by atoms with van der Waals surface area (Å²) in [5.74, 6) is 0. The van der Waals surface area contributed by atoms with Gasteiger partial charge in [0.1, 0.15) is 0 Å². The Morgan fingerprint density at radius 1 is 1.10 bits per heavy atom. The van der Waals surface area contributed by atoms with Gasteiger partial charge < -0.3 is 0 Å². The molecule has 0 unspecified atom stereocenters. The Bertz CT molecular complexity index is 926. The molecule has 0 aliphatic rings. The van der Waals surface area contributed by atoms with Gasteiger partial charge in [-0.1, -0.05) is 30.3 Å². The van der Waals surface area contributed by atoms with E-state index in [1.807, 2.05) is 37.3 Å². The third-order valence-corrected chi connectivity index (χ3v) is 3.47. The molecule has 3 aromatic rings. The average Bonchev–Trinajstić information content (AvgIpc) is 2.54. The van der Waals surface area contributed by atoms with Crippen molar-refractivity contribution >= 4 is 11.0 Å². The van der Waals surface area contributed by atoms with E-state index >= 15 is 0 Å². The lowest BCUT2D eigenvalue weighted by atomic mass is 10.1. The maximum Gasteiger partial charge on any atom is 0.332 e. The zero-order valence-electron chi connectivity index (χ0n) is 11.8. The van der Waals surface area contributed by atoms with E-state index in [1.54, 1.807) is 6.07 Å². The Balaban J connectivity index is 2.38. The summed E-state index contributed by atoms with van der Waals surface area (Å²) in [5, 5.41) is 8.63. The van der Waals surface area contributed by atoms with Crippen molar-refractivity contribution in [3.63, 3.8) is 0 Å². The molecule has 0 aliphatic carbocycles. The molecule has 2 heterocycles. The molecular weight excluding hydrogens is 268 g/mol. The van der Waals surface area contributed by atoms with Gasteiger partial charge in [-0.25, -0.2) is 4.79 Å². The minimum Gasteiger partial charge on any atom is -0.276 e. The van der Waals surface area contributed by atoms with Crippen LogP contribution in [-0.2, 0) is 13.6 Å². The number of benzene rings is 1. The van der Waals surface area contributed by atoms with Crippen molar-refractivity contribution in [3.8, 4) is 11.3 Å². The second kappa shape index (κ2) is 4.97. The SMILES string of the molecule is CCn1c(=O)n(C)c(=O)c2cc(-c3ccccc3)nnc21. The molecule has 6 nitrogen and oxygen atoms in total. The summed E-state index contributed by atoms with van der Waals surface area (Å²) in [7, 11) is 1.47. The van der Waals surface area contributed by atoms with Crippen molar-refractivity contribution in [2.45, 2.75) is 13.5 Å². The van der Waals surface area contributed by atoms with Crippen LogP contribution in [0.5, 0.6) is 0 Å². The van der Waals surface area contributed by atoms with Crippen molar-refractivity contribution < 1.29 is 0 Å². The van der Waals surface area contributed by atoms with Crippen molar-refractivity contribution in [2.24, 2.45) is 7.05 Å². The molecule has 0 saturated heterocycles. The van der Waals surface area contributed by atoms with Crippen LogP contribution < -0.4 is 11.2 Å². The molecule has 1 aromatic carbocycles. The Labute approximate surface area is 120 Å². The molecule has 0 radical (unpaired) electrons. The van der Waals surface area contributed by atoms with E-state index in [9.17, 15) is 9.59 Å². The number of hydrogen-bond acceptors (Lipinski definition) is 4. The van der Waals surface area contributed by atoms with Gasteiger partial charge in [-0.05, 0) is 13.0 Å². The highest BCUT2D eigenvalue weighted by Gasteiger charge is 2.13. The lowest BCUT2D eigenvalue weighted by molar-refractivity contribution is 0.647. The molecule has 0 saturated carbocycles. The van der Waals surface area contributed by atoms with Crippen LogP contribution in [0.1, 0.15) is 6.92 Å². The van der Waals surface area contributed by atoms with Crippen LogP contribution in [-0.4, -0.2) is 19.3 Å². The van der Waals surface area contributed by atoms with Crippen LogP contribution in [0.2, 0.25) is 0 Å². The van der Waals surface area contributed by atoms with Crippen LogP contribution in [0.15, 0.2) is 46.0 Å². The fraction of sp³-hybridized carbons (Fsp3) is 0.200. The van der Waals surface area contributed by atoms with Crippen molar-refractivity contribution in [3.05, 3.63) is 57.2 Å². The number of aromatic nitrogens is 4. The zero-order chi connectivity index (χ0) is 15.0. The van der Waals surface area contributed by atoms with Gasteiger partial charge in [-0.2, -0.15) is 0 Å². The molecule has 0 bridgehead atoms. The Morgan fingerprint density at radius 2 is 1.81 bits per heavy atom. The maximum absolute atomic E-state index is 12.3. The van der Waals surface area contributed by atoms with E-state index in [2.05, 4.69) is 10.2 Å². The minimum absolute atomic E-state index is 0.324. The first-order chi connectivity index (χ1) is 10.1. The molecule has 3 rings (SSSR count). The van der Waals surface area contributed by atoms with Crippen molar-refractivity contribution in [1.29, 1.82) is 0 Å². The number of hydrogen-bond donors (Lipinski definition) is 0. The second-order valence-corrected chi connectivity index (χ2v) is 4.72. The number of nitrogens with zero attached hydrogens (tertiary/aromatic N) is 4.